The fraction of sp³-hybridized carbons (Fsp3) is 0.500. The van der Waals surface area contributed by atoms with Gasteiger partial charge in [0.2, 0.25) is 0 Å². The highest BCUT2D eigenvalue weighted by Gasteiger charge is 2.17. The number of carboxylic acids is 1. The Hall–Kier alpha value is -2.31. The summed E-state index contributed by atoms with van der Waals surface area (Å²) in [5.74, 6) is -1.53. The summed E-state index contributed by atoms with van der Waals surface area (Å²) in [6.45, 7) is 2.01. The van der Waals surface area contributed by atoms with Gasteiger partial charge in [-0.05, 0) is 12.1 Å². The molecule has 2 N–H and O–H groups in total. The molecule has 116 valence electrons. The highest BCUT2D eigenvalue weighted by Crippen LogP contribution is 2.14. The van der Waals surface area contributed by atoms with Crippen molar-refractivity contribution >= 4 is 17.7 Å². The van der Waals surface area contributed by atoms with Crippen LogP contribution in [0, 0.1) is 5.92 Å². The number of aliphatic carboxylic acids is 1. The van der Waals surface area contributed by atoms with Crippen LogP contribution in [-0.2, 0) is 11.3 Å². The normalized spacial score (nSPS) is 11.6. The minimum Gasteiger partial charge on any atom is -0.481 e. The average molecular weight is 294 g/mol. The van der Waals surface area contributed by atoms with E-state index in [1.807, 2.05) is 31.1 Å². The van der Waals surface area contributed by atoms with Gasteiger partial charge in [0.05, 0.1) is 23.8 Å². The van der Waals surface area contributed by atoms with Crippen molar-refractivity contribution in [3.05, 3.63) is 24.0 Å². The summed E-state index contributed by atoms with van der Waals surface area (Å²) in [6.07, 6.45) is 1.67. The molecule has 2 amide bonds. The van der Waals surface area contributed by atoms with Gasteiger partial charge in [-0.2, -0.15) is 0 Å². The summed E-state index contributed by atoms with van der Waals surface area (Å²) in [5.41, 5.74) is 1.69. The lowest BCUT2D eigenvalue weighted by Crippen LogP contribution is -2.40. The van der Waals surface area contributed by atoms with Gasteiger partial charge < -0.3 is 20.2 Å². The lowest BCUT2D eigenvalue weighted by atomic mass is 10.2. The number of amides is 2. The first-order chi connectivity index (χ1) is 9.82. The highest BCUT2D eigenvalue weighted by molar-refractivity contribution is 5.75. The third-order valence-corrected chi connectivity index (χ3v) is 3.07. The Balaban J connectivity index is 2.59. The van der Waals surface area contributed by atoms with Crippen LogP contribution in [0.4, 0.5) is 10.5 Å². The van der Waals surface area contributed by atoms with E-state index in [2.05, 4.69) is 10.3 Å². The van der Waals surface area contributed by atoms with Gasteiger partial charge in [-0.25, -0.2) is 4.79 Å². The number of urea groups is 1. The molecule has 0 aliphatic carbocycles. The monoisotopic (exact) mass is 294 g/mol. The van der Waals surface area contributed by atoms with Gasteiger partial charge in [-0.15, -0.1) is 0 Å². The zero-order valence-electron chi connectivity index (χ0n) is 12.8. The van der Waals surface area contributed by atoms with Crippen molar-refractivity contribution in [1.29, 1.82) is 0 Å². The van der Waals surface area contributed by atoms with E-state index in [4.69, 9.17) is 5.11 Å². The third kappa shape index (κ3) is 4.94. The molecule has 1 rings (SSSR count). The Morgan fingerprint density at radius 2 is 2.05 bits per heavy atom. The summed E-state index contributed by atoms with van der Waals surface area (Å²) in [4.78, 5) is 30.2. The second-order valence-corrected chi connectivity index (χ2v) is 5.14. The van der Waals surface area contributed by atoms with Crippen LogP contribution in [0.5, 0.6) is 0 Å². The van der Waals surface area contributed by atoms with E-state index in [0.717, 1.165) is 11.4 Å². The summed E-state index contributed by atoms with van der Waals surface area (Å²) >= 11 is 0. The molecule has 7 heteroatoms. The van der Waals surface area contributed by atoms with Gasteiger partial charge in [0.1, 0.15) is 0 Å². The van der Waals surface area contributed by atoms with Crippen molar-refractivity contribution < 1.29 is 14.7 Å². The minimum absolute atomic E-state index is 0.157. The van der Waals surface area contributed by atoms with Crippen LogP contribution in [0.3, 0.4) is 0 Å². The summed E-state index contributed by atoms with van der Waals surface area (Å²) < 4.78 is 0. The van der Waals surface area contributed by atoms with Crippen LogP contribution in [-0.4, -0.2) is 54.7 Å². The fourth-order valence-electron chi connectivity index (χ4n) is 1.84. The van der Waals surface area contributed by atoms with Gasteiger partial charge in [-0.1, -0.05) is 6.92 Å². The zero-order valence-corrected chi connectivity index (χ0v) is 12.8. The SMILES string of the molecule is CC(CN(C)C(=O)NCc1ncccc1N(C)C)C(=O)O. The number of carbonyl (C=O) groups excluding carboxylic acids is 1. The van der Waals surface area contributed by atoms with Crippen molar-refractivity contribution in [1.82, 2.24) is 15.2 Å². The van der Waals surface area contributed by atoms with Gasteiger partial charge in [-0.3, -0.25) is 9.78 Å². The molecule has 21 heavy (non-hydrogen) atoms. The number of aromatic nitrogens is 1. The lowest BCUT2D eigenvalue weighted by Gasteiger charge is -2.21. The molecule has 1 atom stereocenters. The molecule has 0 saturated carbocycles. The molecular formula is C14H22N4O3. The molecule has 0 radical (unpaired) electrons. The maximum Gasteiger partial charge on any atom is 0.317 e. The number of carbonyl (C=O) groups is 2. The second kappa shape index (κ2) is 7.47. The molecular weight excluding hydrogens is 272 g/mol. The van der Waals surface area contributed by atoms with Gasteiger partial charge in [0, 0.05) is 33.9 Å². The van der Waals surface area contributed by atoms with Gasteiger partial charge in [0.25, 0.3) is 0 Å². The predicted molar refractivity (Wildman–Crippen MR) is 80.2 cm³/mol. The number of nitrogens with one attached hydrogen (secondary N) is 1. The average Bonchev–Trinajstić information content (AvgIpc) is 2.44. The molecule has 7 nitrogen and oxygen atoms in total. The topological polar surface area (TPSA) is 85.8 Å². The maximum atomic E-state index is 11.9. The summed E-state index contributed by atoms with van der Waals surface area (Å²) in [6, 6.07) is 3.44. The largest absolute Gasteiger partial charge is 0.481 e. The van der Waals surface area contributed by atoms with Crippen LogP contribution < -0.4 is 10.2 Å². The molecule has 0 aliphatic heterocycles. The van der Waals surface area contributed by atoms with Crippen molar-refractivity contribution in [3.63, 3.8) is 0 Å². The Kier molecular flexibility index (Phi) is 5.95. The number of carboxylic acid groups (broad SMARTS) is 1. The predicted octanol–water partition coefficient (Wildman–Crippen LogP) is 1.01. The van der Waals surface area contributed by atoms with Crippen LogP contribution in [0.1, 0.15) is 12.6 Å². The Bertz CT molecular complexity index is 505. The molecule has 0 aliphatic rings. The van der Waals surface area contributed by atoms with E-state index in [9.17, 15) is 9.59 Å². The number of rotatable bonds is 6. The van der Waals surface area contributed by atoms with E-state index in [1.54, 1.807) is 20.2 Å². The number of pyridine rings is 1. The third-order valence-electron chi connectivity index (χ3n) is 3.07. The molecule has 0 fully saturated rings. The quantitative estimate of drug-likeness (QED) is 0.818. The maximum absolute atomic E-state index is 11.9. The second-order valence-electron chi connectivity index (χ2n) is 5.14. The summed E-state index contributed by atoms with van der Waals surface area (Å²) in [7, 11) is 5.38. The Morgan fingerprint density at radius 1 is 1.38 bits per heavy atom. The number of hydrogen-bond donors (Lipinski definition) is 2. The zero-order chi connectivity index (χ0) is 16.0. The first-order valence-electron chi connectivity index (χ1n) is 6.66. The van der Waals surface area contributed by atoms with Crippen molar-refractivity contribution in [2.75, 3.05) is 32.6 Å². The number of anilines is 1. The van der Waals surface area contributed by atoms with Crippen LogP contribution in [0.25, 0.3) is 0 Å². The van der Waals surface area contributed by atoms with Crippen molar-refractivity contribution in [2.24, 2.45) is 5.92 Å². The standard InChI is InChI=1S/C14H22N4O3/c1-10(13(19)20)9-18(4)14(21)16-8-11-12(17(2)3)6-5-7-15-11/h5-7,10H,8-9H2,1-4H3,(H,16,21)(H,19,20). The molecule has 0 saturated heterocycles. The number of hydrogen-bond acceptors (Lipinski definition) is 4. The minimum atomic E-state index is -0.922. The first-order valence-corrected chi connectivity index (χ1v) is 6.66. The molecule has 0 spiro atoms. The van der Waals surface area contributed by atoms with Crippen molar-refractivity contribution in [2.45, 2.75) is 13.5 Å². The molecule has 0 aromatic carbocycles. The van der Waals surface area contributed by atoms with Crippen LogP contribution in [0.15, 0.2) is 18.3 Å². The summed E-state index contributed by atoms with van der Waals surface area (Å²) in [5, 5.41) is 11.6. The van der Waals surface area contributed by atoms with Crippen LogP contribution in [0.2, 0.25) is 0 Å². The highest BCUT2D eigenvalue weighted by atomic mass is 16.4. The molecule has 1 aromatic rings. The Morgan fingerprint density at radius 3 is 2.62 bits per heavy atom. The first kappa shape index (κ1) is 16.7. The molecule has 1 aromatic heterocycles. The number of nitrogens with zero attached hydrogens (tertiary/aromatic N) is 3. The lowest BCUT2D eigenvalue weighted by molar-refractivity contribution is -0.141. The van der Waals surface area contributed by atoms with E-state index in [-0.39, 0.29) is 12.6 Å². The Labute approximate surface area is 124 Å². The van der Waals surface area contributed by atoms with E-state index in [1.165, 1.54) is 4.90 Å². The fourth-order valence-corrected chi connectivity index (χ4v) is 1.84. The van der Waals surface area contributed by atoms with Gasteiger partial charge in [0.15, 0.2) is 0 Å². The van der Waals surface area contributed by atoms with E-state index < -0.39 is 11.9 Å². The molecule has 1 heterocycles. The molecule has 0 bridgehead atoms. The van der Waals surface area contributed by atoms with Gasteiger partial charge >= 0.3 is 12.0 Å². The van der Waals surface area contributed by atoms with Crippen LogP contribution >= 0.6 is 0 Å². The van der Waals surface area contributed by atoms with Crippen molar-refractivity contribution in [3.8, 4) is 0 Å². The van der Waals surface area contributed by atoms with E-state index in [0.29, 0.717) is 6.54 Å². The smallest absolute Gasteiger partial charge is 0.317 e. The van der Waals surface area contributed by atoms with E-state index >= 15 is 0 Å². The molecule has 1 unspecified atom stereocenters.